The number of aryl methyl sites for hydroxylation is 2. The second-order valence-electron chi connectivity index (χ2n) is 37.5. The molecule has 0 unspecified atom stereocenters. The summed E-state index contributed by atoms with van der Waals surface area (Å²) in [7, 11) is 12.6. The van der Waals surface area contributed by atoms with Gasteiger partial charge in [-0.15, -0.1) is 22.7 Å². The van der Waals surface area contributed by atoms with Gasteiger partial charge in [0.1, 0.15) is 12.4 Å². The maximum atomic E-state index is 5.89. The Morgan fingerprint density at radius 2 is 0.897 bits per heavy atom. The highest BCUT2D eigenvalue weighted by Gasteiger charge is 2.37. The first-order valence-electron chi connectivity index (χ1n) is 32.5. The van der Waals surface area contributed by atoms with E-state index >= 15 is 0 Å². The first kappa shape index (κ1) is 81.4. The smallest absolute Gasteiger partial charge is 0.185 e. The van der Waals surface area contributed by atoms with E-state index in [0.29, 0.717) is 5.41 Å². The van der Waals surface area contributed by atoms with Crippen LogP contribution in [-0.2, 0) is 62.2 Å². The Balaban J connectivity index is 0.000000523. The minimum Gasteiger partial charge on any atom is -0.494 e. The lowest BCUT2D eigenvalue weighted by Crippen LogP contribution is -2.38. The van der Waals surface area contributed by atoms with Gasteiger partial charge in [0, 0.05) is 119 Å². The van der Waals surface area contributed by atoms with Crippen LogP contribution in [0.1, 0.15) is 306 Å². The first-order chi connectivity index (χ1) is 38.3. The molecule has 0 aromatic carbocycles. The van der Waals surface area contributed by atoms with Crippen molar-refractivity contribution >= 4 is 27.8 Å². The number of rotatable bonds is 1. The molecule has 0 fully saturated rings. The van der Waals surface area contributed by atoms with Crippen molar-refractivity contribution in [2.75, 3.05) is 52.8 Å². The summed E-state index contributed by atoms with van der Waals surface area (Å²) in [5.74, 6) is 1.16. The summed E-state index contributed by atoms with van der Waals surface area (Å²) in [6, 6.07) is 0. The topological polar surface area (TPSA) is 80.4 Å². The van der Waals surface area contributed by atoms with Crippen molar-refractivity contribution in [2.45, 2.75) is 305 Å². The summed E-state index contributed by atoms with van der Waals surface area (Å²) in [5, 5.41) is 5.47. The minimum absolute atomic E-state index is 0.0945. The van der Waals surface area contributed by atoms with Crippen LogP contribution in [0, 0.1) is 21.7 Å². The molecule has 0 saturated carbocycles. The maximum Gasteiger partial charge on any atom is 0.185 e. The summed E-state index contributed by atoms with van der Waals surface area (Å²) >= 11 is 3.59. The summed E-state index contributed by atoms with van der Waals surface area (Å²) in [5.41, 5.74) is 16.4. The van der Waals surface area contributed by atoms with Crippen LogP contribution in [0.5, 0.6) is 0 Å². The van der Waals surface area contributed by atoms with Crippen molar-refractivity contribution in [1.29, 1.82) is 0 Å². The van der Waals surface area contributed by atoms with Crippen molar-refractivity contribution in [3.63, 3.8) is 0 Å². The molecule has 10 nitrogen and oxygen atoms in total. The van der Waals surface area contributed by atoms with E-state index in [1.807, 2.05) is 41.1 Å². The molecular formula is C75H139N9OS2. The fourth-order valence-electron chi connectivity index (χ4n) is 11.4. The van der Waals surface area contributed by atoms with Crippen LogP contribution in [0.3, 0.4) is 0 Å². The lowest BCUT2D eigenvalue weighted by Gasteiger charge is -2.42. The van der Waals surface area contributed by atoms with Gasteiger partial charge >= 0.3 is 0 Å². The molecule has 502 valence electrons. The number of allylic oxidation sites excluding steroid dienone is 4. The second kappa shape index (κ2) is 28.9. The fourth-order valence-corrected chi connectivity index (χ4v) is 13.7. The lowest BCUT2D eigenvalue weighted by molar-refractivity contribution is 0.0772. The van der Waals surface area contributed by atoms with Gasteiger partial charge in [-0.05, 0) is 45.6 Å². The molecule has 87 heavy (non-hydrogen) atoms. The van der Waals surface area contributed by atoms with Crippen LogP contribution < -0.4 is 4.90 Å². The van der Waals surface area contributed by atoms with Crippen LogP contribution in [-0.4, -0.2) is 87.0 Å². The number of hydrogen-bond acceptors (Lipinski definition) is 10. The Morgan fingerprint density at radius 1 is 0.448 bits per heavy atom. The van der Waals surface area contributed by atoms with Crippen LogP contribution in [0.15, 0.2) is 40.8 Å². The predicted octanol–water partition coefficient (Wildman–Crippen LogP) is 20.9. The van der Waals surface area contributed by atoms with Crippen LogP contribution in [0.2, 0.25) is 0 Å². The summed E-state index contributed by atoms with van der Waals surface area (Å²) in [4.78, 5) is 23.5. The Labute approximate surface area is 547 Å². The van der Waals surface area contributed by atoms with Gasteiger partial charge in [0.15, 0.2) is 5.13 Å². The van der Waals surface area contributed by atoms with Gasteiger partial charge in [0.25, 0.3) is 0 Å². The van der Waals surface area contributed by atoms with E-state index in [0.717, 1.165) is 24.0 Å². The fraction of sp³-hybridized carbons (Fsp3) is 0.787. The minimum atomic E-state index is 0.0945. The number of thiazole rings is 2. The molecule has 0 N–H and O–H groups in total. The van der Waals surface area contributed by atoms with Crippen LogP contribution >= 0.6 is 22.7 Å². The van der Waals surface area contributed by atoms with Crippen LogP contribution in [0.25, 0.3) is 0 Å². The van der Waals surface area contributed by atoms with Gasteiger partial charge in [-0.25, -0.2) is 15.0 Å². The zero-order chi connectivity index (χ0) is 69.0. The second-order valence-corrected chi connectivity index (χ2v) is 39.3. The Hall–Kier alpha value is -3.64. The number of hydrogen-bond donors (Lipinski definition) is 0. The number of ether oxygens (including phenoxy) is 1. The molecule has 0 radical (unpaired) electrons. The van der Waals surface area contributed by atoms with E-state index in [1.54, 1.807) is 22.6 Å². The van der Waals surface area contributed by atoms with Gasteiger partial charge in [-0.3, -0.25) is 4.68 Å². The molecular weight excluding hydrogens is 1110 g/mol. The van der Waals surface area contributed by atoms with Crippen LogP contribution in [0.4, 0.5) is 5.13 Å². The molecule has 0 bridgehead atoms. The van der Waals surface area contributed by atoms with Crippen molar-refractivity contribution in [3.8, 4) is 0 Å². The number of imidazole rings is 1. The molecule has 2 aliphatic heterocycles. The van der Waals surface area contributed by atoms with Gasteiger partial charge in [-0.2, -0.15) is 5.10 Å². The van der Waals surface area contributed by atoms with E-state index in [1.165, 1.54) is 68.9 Å². The highest BCUT2D eigenvalue weighted by atomic mass is 32.1. The molecule has 6 heterocycles. The molecule has 4 aromatic rings. The number of anilines is 1. The normalized spacial score (nSPS) is 15.4. The van der Waals surface area contributed by atoms with Crippen molar-refractivity contribution in [1.82, 2.24) is 39.1 Å². The monoisotopic (exact) mass is 1250 g/mol. The first-order valence-corrected chi connectivity index (χ1v) is 34.2. The van der Waals surface area contributed by atoms with Gasteiger partial charge in [0.05, 0.1) is 47.4 Å². The Bertz CT molecular complexity index is 2640. The van der Waals surface area contributed by atoms with Crippen molar-refractivity contribution in [2.24, 2.45) is 35.8 Å². The van der Waals surface area contributed by atoms with Gasteiger partial charge in [-0.1, -0.05) is 249 Å². The van der Waals surface area contributed by atoms with Crippen molar-refractivity contribution in [3.05, 3.63) is 84.5 Å². The quantitative estimate of drug-likeness (QED) is 0.186. The number of nitrogens with zero attached hydrogens (tertiary/aromatic N) is 9. The van der Waals surface area contributed by atoms with Gasteiger partial charge < -0.3 is 24.0 Å². The largest absolute Gasteiger partial charge is 0.494 e. The van der Waals surface area contributed by atoms with E-state index < -0.39 is 0 Å². The summed E-state index contributed by atoms with van der Waals surface area (Å²) in [6.07, 6.45) is 6.50. The molecule has 0 amide bonds. The van der Waals surface area contributed by atoms with E-state index in [9.17, 15) is 0 Å². The SMILES string of the molecule is CC(C)(C)c1ncsc1C(C)(C)C.CN(C)c1nc(C(C)(C)C)c(C(C)(C)C)s1.CN1CCCC(C(C)(C)C)=C1C(C)(C)C.CN1CCOC(C(C)(C)C)=C1C(C)(C)C.Cn1cnc(C(C)(C)C)c1C(C)(C)C.Cn1ncc(C(C)(C)C)c1C(C)(C)C. The average molecular weight is 1250 g/mol. The maximum absolute atomic E-state index is 5.89. The number of likely N-dealkylation sites (N-methyl/N-ethyl adjacent to an activating group) is 1. The highest BCUT2D eigenvalue weighted by Crippen LogP contribution is 2.45. The molecule has 0 saturated heterocycles. The third kappa shape index (κ3) is 24.2. The summed E-state index contributed by atoms with van der Waals surface area (Å²) < 4.78 is 10.0. The number of aromatic nitrogens is 6. The Kier molecular flexibility index (Phi) is 27.0. The average Bonchev–Trinajstić information content (AvgIpc) is 1.73. The molecule has 6 rings (SSSR count). The van der Waals surface area contributed by atoms with E-state index in [-0.39, 0.29) is 59.6 Å². The zero-order valence-electron chi connectivity index (χ0n) is 65.0. The standard InChI is InChI=1S/C14H27N.C13H24N2S.C13H25NO.2C12H22N2.C11H19NS/c1-13(2,3)11-9-8-10-15(7)12(11)14(4,5)6;1-12(2,3)9-10(13(4,5)6)16-11(14-9)15(7)8;1-12(2,3)10-11(13(4,5)6)15-9-8-14(10)7;1-11(2,3)9-10(12(4,5)6)14(7)8-13-9;1-11(2,3)9-8-13-14(7)10(9)12(4,5)6;1-10(2,3)8-9(11(4,5)6)13-7-12-8/h8-10H2,1-7H3;1-8H3;8-9H2,1-7H3;2*8H,1-7H3;7H,1-6H3. The van der Waals surface area contributed by atoms with Crippen molar-refractivity contribution < 1.29 is 4.74 Å². The molecule has 0 spiro atoms. The molecule has 0 atom stereocenters. The molecule has 12 heteroatoms. The zero-order valence-corrected chi connectivity index (χ0v) is 66.7. The predicted molar refractivity (Wildman–Crippen MR) is 387 cm³/mol. The Morgan fingerprint density at radius 3 is 1.20 bits per heavy atom. The van der Waals surface area contributed by atoms with Gasteiger partial charge in [0.2, 0.25) is 0 Å². The van der Waals surface area contributed by atoms with E-state index in [4.69, 9.17) is 9.72 Å². The third-order valence-electron chi connectivity index (χ3n) is 15.0. The highest BCUT2D eigenvalue weighted by molar-refractivity contribution is 7.15. The molecule has 0 aliphatic carbocycles. The lowest BCUT2D eigenvalue weighted by atomic mass is 9.74. The molecule has 2 aliphatic rings. The summed E-state index contributed by atoms with van der Waals surface area (Å²) in [6.45, 7) is 84.0. The van der Waals surface area contributed by atoms with E-state index in [2.05, 4.69) is 319 Å². The molecule has 4 aromatic heterocycles. The third-order valence-corrected chi connectivity index (χ3v) is 17.9.